The van der Waals surface area contributed by atoms with Crippen LogP contribution in [0.4, 0.5) is 13.2 Å². The van der Waals surface area contributed by atoms with Gasteiger partial charge >= 0.3 is 6.18 Å². The summed E-state index contributed by atoms with van der Waals surface area (Å²) in [6.07, 6.45) is -3.75. The van der Waals surface area contributed by atoms with Crippen LogP contribution in [0.5, 0.6) is 0 Å². The minimum Gasteiger partial charge on any atom is -0.334 e. The van der Waals surface area contributed by atoms with Gasteiger partial charge < -0.3 is 4.90 Å². The third-order valence-corrected chi connectivity index (χ3v) is 4.48. The van der Waals surface area contributed by atoms with E-state index in [2.05, 4.69) is 0 Å². The number of hydrogen-bond donors (Lipinski definition) is 0. The molecule has 144 valence electrons. The van der Waals surface area contributed by atoms with Crippen LogP contribution in [0.2, 0.25) is 0 Å². The Morgan fingerprint density at radius 2 is 1.29 bits per heavy atom. The third-order valence-electron chi connectivity index (χ3n) is 4.48. The van der Waals surface area contributed by atoms with Crippen LogP contribution in [0.3, 0.4) is 0 Å². The third kappa shape index (κ3) is 5.22. The molecule has 28 heavy (non-hydrogen) atoms. The maximum atomic E-state index is 13.0. The molecule has 0 unspecified atom stereocenters. The fourth-order valence-corrected chi connectivity index (χ4v) is 2.95. The molecule has 0 aliphatic heterocycles. The van der Waals surface area contributed by atoms with Gasteiger partial charge in [0.2, 0.25) is 0 Å². The number of rotatable bonds is 6. The van der Waals surface area contributed by atoms with Crippen molar-refractivity contribution in [1.82, 2.24) is 4.90 Å². The second kappa shape index (κ2) is 8.74. The van der Waals surface area contributed by atoms with Gasteiger partial charge in [0.05, 0.1) is 5.56 Å². The number of carbonyl (C=O) groups excluding carboxylic acids is 1. The molecule has 0 bridgehead atoms. The minimum atomic E-state index is -4.42. The van der Waals surface area contributed by atoms with Gasteiger partial charge in [-0.15, -0.1) is 0 Å². The van der Waals surface area contributed by atoms with Crippen molar-refractivity contribution >= 4 is 5.91 Å². The first-order valence-corrected chi connectivity index (χ1v) is 8.98. The number of halogens is 3. The quantitative estimate of drug-likeness (QED) is 0.543. The summed E-state index contributed by atoms with van der Waals surface area (Å²) in [6, 6.07) is 23.7. The summed E-state index contributed by atoms with van der Waals surface area (Å²) in [5, 5.41) is 0. The largest absolute Gasteiger partial charge is 0.416 e. The van der Waals surface area contributed by atoms with E-state index in [9.17, 15) is 18.0 Å². The van der Waals surface area contributed by atoms with Crippen LogP contribution in [-0.4, -0.2) is 17.4 Å². The normalized spacial score (nSPS) is 11.2. The lowest BCUT2D eigenvalue weighted by Gasteiger charge is -2.23. The van der Waals surface area contributed by atoms with Crippen LogP contribution in [0.1, 0.15) is 27.0 Å². The minimum absolute atomic E-state index is 0.247. The molecule has 0 saturated carbocycles. The van der Waals surface area contributed by atoms with Crippen LogP contribution in [0.25, 0.3) is 0 Å². The van der Waals surface area contributed by atoms with Crippen molar-refractivity contribution in [2.45, 2.75) is 19.1 Å². The molecule has 0 saturated heterocycles. The van der Waals surface area contributed by atoms with Crippen molar-refractivity contribution < 1.29 is 18.0 Å². The average molecular weight is 383 g/mol. The van der Waals surface area contributed by atoms with E-state index in [1.807, 2.05) is 60.7 Å². The predicted molar refractivity (Wildman–Crippen MR) is 103 cm³/mol. The van der Waals surface area contributed by atoms with Crippen molar-refractivity contribution in [2.24, 2.45) is 0 Å². The molecule has 0 atom stereocenters. The van der Waals surface area contributed by atoms with Gasteiger partial charge in [-0.3, -0.25) is 4.79 Å². The standard InChI is InChI=1S/C23H20F3NO/c24-23(25,26)21-13-11-20(12-14-21)22(28)27(17-19-9-5-2-6-10-19)16-15-18-7-3-1-4-8-18/h1-14H,15-17H2. The molecular weight excluding hydrogens is 363 g/mol. The Labute approximate surface area is 162 Å². The molecule has 1 amide bonds. The first kappa shape index (κ1) is 19.7. The molecule has 0 N–H and O–H groups in total. The summed E-state index contributed by atoms with van der Waals surface area (Å²) in [5.74, 6) is -0.284. The van der Waals surface area contributed by atoms with Gasteiger partial charge in [0.25, 0.3) is 5.91 Å². The highest BCUT2D eigenvalue weighted by molar-refractivity contribution is 5.94. The van der Waals surface area contributed by atoms with E-state index in [0.29, 0.717) is 19.5 Å². The molecule has 0 aliphatic rings. The van der Waals surface area contributed by atoms with Crippen molar-refractivity contribution in [2.75, 3.05) is 6.54 Å². The van der Waals surface area contributed by atoms with Gasteiger partial charge in [0.15, 0.2) is 0 Å². The molecule has 0 heterocycles. The van der Waals surface area contributed by atoms with E-state index in [1.165, 1.54) is 12.1 Å². The second-order valence-electron chi connectivity index (χ2n) is 6.52. The Balaban J connectivity index is 1.79. The number of benzene rings is 3. The smallest absolute Gasteiger partial charge is 0.334 e. The zero-order valence-corrected chi connectivity index (χ0v) is 15.2. The number of nitrogens with zero attached hydrogens (tertiary/aromatic N) is 1. The van der Waals surface area contributed by atoms with E-state index in [1.54, 1.807) is 4.90 Å². The molecule has 5 heteroatoms. The molecule has 2 nitrogen and oxygen atoms in total. The molecule has 0 aliphatic carbocycles. The van der Waals surface area contributed by atoms with Gasteiger partial charge in [-0.2, -0.15) is 13.2 Å². The highest BCUT2D eigenvalue weighted by Crippen LogP contribution is 2.29. The Morgan fingerprint density at radius 1 is 0.750 bits per heavy atom. The van der Waals surface area contributed by atoms with Gasteiger partial charge in [-0.05, 0) is 41.8 Å². The molecule has 0 aromatic heterocycles. The van der Waals surface area contributed by atoms with E-state index < -0.39 is 11.7 Å². The van der Waals surface area contributed by atoms with Crippen LogP contribution < -0.4 is 0 Å². The summed E-state index contributed by atoms with van der Waals surface area (Å²) < 4.78 is 38.3. The van der Waals surface area contributed by atoms with Gasteiger partial charge in [0.1, 0.15) is 0 Å². The first-order chi connectivity index (χ1) is 13.4. The van der Waals surface area contributed by atoms with Gasteiger partial charge in [0, 0.05) is 18.7 Å². The maximum Gasteiger partial charge on any atom is 0.416 e. The fourth-order valence-electron chi connectivity index (χ4n) is 2.95. The van der Waals surface area contributed by atoms with Crippen LogP contribution in [-0.2, 0) is 19.1 Å². The van der Waals surface area contributed by atoms with Crippen molar-refractivity contribution in [3.63, 3.8) is 0 Å². The van der Waals surface area contributed by atoms with Crippen molar-refractivity contribution in [3.05, 3.63) is 107 Å². The lowest BCUT2D eigenvalue weighted by atomic mass is 10.1. The summed E-state index contributed by atoms with van der Waals surface area (Å²) in [6.45, 7) is 0.867. The fraction of sp³-hybridized carbons (Fsp3) is 0.174. The van der Waals surface area contributed by atoms with Crippen LogP contribution >= 0.6 is 0 Å². The lowest BCUT2D eigenvalue weighted by Crippen LogP contribution is -2.32. The number of hydrogen-bond acceptors (Lipinski definition) is 1. The zero-order chi connectivity index (χ0) is 20.0. The lowest BCUT2D eigenvalue weighted by molar-refractivity contribution is -0.137. The molecule has 3 aromatic rings. The molecule has 0 spiro atoms. The Kier molecular flexibility index (Phi) is 6.14. The Bertz CT molecular complexity index is 891. The molecule has 0 fully saturated rings. The number of carbonyl (C=O) groups is 1. The Morgan fingerprint density at radius 3 is 1.82 bits per heavy atom. The zero-order valence-electron chi connectivity index (χ0n) is 15.2. The van der Waals surface area contributed by atoms with Crippen LogP contribution in [0.15, 0.2) is 84.9 Å². The first-order valence-electron chi connectivity index (χ1n) is 8.98. The van der Waals surface area contributed by atoms with Crippen molar-refractivity contribution in [1.29, 1.82) is 0 Å². The Hall–Kier alpha value is -3.08. The topological polar surface area (TPSA) is 20.3 Å². The summed E-state index contributed by atoms with van der Waals surface area (Å²) in [5.41, 5.74) is 1.55. The molecular formula is C23H20F3NO. The summed E-state index contributed by atoms with van der Waals surface area (Å²) in [7, 11) is 0. The maximum absolute atomic E-state index is 13.0. The predicted octanol–water partition coefficient (Wildman–Crippen LogP) is 5.59. The van der Waals surface area contributed by atoms with Gasteiger partial charge in [-0.25, -0.2) is 0 Å². The summed E-state index contributed by atoms with van der Waals surface area (Å²) >= 11 is 0. The monoisotopic (exact) mass is 383 g/mol. The van der Waals surface area contributed by atoms with Crippen LogP contribution in [0, 0.1) is 0 Å². The van der Waals surface area contributed by atoms with E-state index in [0.717, 1.165) is 23.3 Å². The van der Waals surface area contributed by atoms with Crippen molar-refractivity contribution in [3.8, 4) is 0 Å². The number of amides is 1. The second-order valence-corrected chi connectivity index (χ2v) is 6.52. The summed E-state index contributed by atoms with van der Waals surface area (Å²) in [4.78, 5) is 14.6. The SMILES string of the molecule is O=C(c1ccc(C(F)(F)F)cc1)N(CCc1ccccc1)Cc1ccccc1. The molecule has 0 radical (unpaired) electrons. The highest BCUT2D eigenvalue weighted by atomic mass is 19.4. The van der Waals surface area contributed by atoms with E-state index >= 15 is 0 Å². The highest BCUT2D eigenvalue weighted by Gasteiger charge is 2.30. The average Bonchev–Trinajstić information content (AvgIpc) is 2.71. The van der Waals surface area contributed by atoms with E-state index in [4.69, 9.17) is 0 Å². The molecule has 3 rings (SSSR count). The molecule has 3 aromatic carbocycles. The van der Waals surface area contributed by atoms with Gasteiger partial charge in [-0.1, -0.05) is 60.7 Å². The number of alkyl halides is 3. The van der Waals surface area contributed by atoms with E-state index in [-0.39, 0.29) is 11.5 Å².